The molecule has 1 heterocycles. The van der Waals surface area contributed by atoms with Crippen LogP contribution in [0.4, 0.5) is 0 Å². The molecular formula is C13H24N2O2. The van der Waals surface area contributed by atoms with Gasteiger partial charge in [0.1, 0.15) is 0 Å². The molecule has 0 spiro atoms. The molecule has 2 fully saturated rings. The number of carbonyl (C=O) groups excluding carboxylic acids is 1. The third-order valence-electron chi connectivity index (χ3n) is 4.24. The summed E-state index contributed by atoms with van der Waals surface area (Å²) in [6.45, 7) is 3.91. The molecule has 3 N–H and O–H groups in total. The van der Waals surface area contributed by atoms with Crippen molar-refractivity contribution in [1.29, 1.82) is 0 Å². The van der Waals surface area contributed by atoms with E-state index in [4.69, 9.17) is 0 Å². The van der Waals surface area contributed by atoms with Crippen LogP contribution in [0.25, 0.3) is 0 Å². The number of carbonyl (C=O) groups is 1. The second-order valence-electron chi connectivity index (χ2n) is 5.80. The van der Waals surface area contributed by atoms with Gasteiger partial charge in [-0.2, -0.15) is 0 Å². The van der Waals surface area contributed by atoms with E-state index in [1.807, 2.05) is 0 Å². The lowest BCUT2D eigenvalue weighted by molar-refractivity contribution is -0.132. The number of aliphatic hydroxyl groups is 1. The standard InChI is InChI=1S/C13H24N2O2/c1-13(5-7-14-8-6-13)12(17)15-10-3-2-4-11(16)9-10/h10-11,14,16H,2-9H2,1H3,(H,15,17). The molecule has 1 amide bonds. The van der Waals surface area contributed by atoms with Crippen molar-refractivity contribution in [3.05, 3.63) is 0 Å². The first kappa shape index (κ1) is 12.8. The Morgan fingerprint density at radius 3 is 2.71 bits per heavy atom. The van der Waals surface area contributed by atoms with Crippen molar-refractivity contribution in [3.63, 3.8) is 0 Å². The summed E-state index contributed by atoms with van der Waals surface area (Å²) < 4.78 is 0. The molecule has 2 atom stereocenters. The van der Waals surface area contributed by atoms with Crippen molar-refractivity contribution in [2.45, 2.75) is 57.6 Å². The molecule has 0 radical (unpaired) electrons. The first-order valence-corrected chi connectivity index (χ1v) is 6.80. The fraction of sp³-hybridized carbons (Fsp3) is 0.923. The molecule has 0 aromatic carbocycles. The van der Waals surface area contributed by atoms with Crippen molar-refractivity contribution < 1.29 is 9.90 Å². The van der Waals surface area contributed by atoms with Crippen LogP contribution in [0.5, 0.6) is 0 Å². The van der Waals surface area contributed by atoms with Crippen LogP contribution in [0, 0.1) is 5.41 Å². The molecule has 2 rings (SSSR count). The maximum atomic E-state index is 12.3. The van der Waals surface area contributed by atoms with Crippen LogP contribution in [-0.4, -0.2) is 36.2 Å². The smallest absolute Gasteiger partial charge is 0.226 e. The van der Waals surface area contributed by atoms with Gasteiger partial charge < -0.3 is 15.7 Å². The average Bonchev–Trinajstić information content (AvgIpc) is 2.30. The van der Waals surface area contributed by atoms with Gasteiger partial charge >= 0.3 is 0 Å². The van der Waals surface area contributed by atoms with Crippen LogP contribution in [0.15, 0.2) is 0 Å². The van der Waals surface area contributed by atoms with E-state index in [0.29, 0.717) is 0 Å². The van der Waals surface area contributed by atoms with Crippen LogP contribution in [-0.2, 0) is 4.79 Å². The Kier molecular flexibility index (Phi) is 4.05. The maximum absolute atomic E-state index is 12.3. The van der Waals surface area contributed by atoms with Gasteiger partial charge in [-0.05, 0) is 51.6 Å². The van der Waals surface area contributed by atoms with Crippen molar-refractivity contribution in [1.82, 2.24) is 10.6 Å². The lowest BCUT2D eigenvalue weighted by Crippen LogP contribution is -2.50. The zero-order valence-electron chi connectivity index (χ0n) is 10.7. The second kappa shape index (κ2) is 5.36. The van der Waals surface area contributed by atoms with E-state index in [1.54, 1.807) is 0 Å². The second-order valence-corrected chi connectivity index (χ2v) is 5.80. The van der Waals surface area contributed by atoms with Gasteiger partial charge in [-0.15, -0.1) is 0 Å². The molecule has 4 heteroatoms. The highest BCUT2D eigenvalue weighted by atomic mass is 16.3. The molecule has 1 saturated carbocycles. The van der Waals surface area contributed by atoms with E-state index in [1.165, 1.54) is 0 Å². The van der Waals surface area contributed by atoms with E-state index in [0.717, 1.165) is 51.6 Å². The van der Waals surface area contributed by atoms with Gasteiger partial charge in [0.15, 0.2) is 0 Å². The monoisotopic (exact) mass is 240 g/mol. The van der Waals surface area contributed by atoms with Gasteiger partial charge in [0, 0.05) is 11.5 Å². The first-order chi connectivity index (χ1) is 8.10. The van der Waals surface area contributed by atoms with E-state index in [2.05, 4.69) is 17.6 Å². The van der Waals surface area contributed by atoms with Crippen LogP contribution in [0.2, 0.25) is 0 Å². The Morgan fingerprint density at radius 2 is 2.06 bits per heavy atom. The fourth-order valence-electron chi connectivity index (χ4n) is 2.86. The summed E-state index contributed by atoms with van der Waals surface area (Å²) in [6, 6.07) is 0.179. The number of rotatable bonds is 2. The predicted molar refractivity (Wildman–Crippen MR) is 66.6 cm³/mol. The van der Waals surface area contributed by atoms with Gasteiger partial charge in [-0.25, -0.2) is 0 Å². The molecule has 0 aromatic rings. The Morgan fingerprint density at radius 1 is 1.35 bits per heavy atom. The zero-order valence-corrected chi connectivity index (χ0v) is 10.7. The summed E-state index contributed by atoms with van der Waals surface area (Å²) in [5.41, 5.74) is -0.215. The van der Waals surface area contributed by atoms with E-state index in [9.17, 15) is 9.90 Å². The average molecular weight is 240 g/mol. The minimum absolute atomic E-state index is 0.179. The van der Waals surface area contributed by atoms with E-state index >= 15 is 0 Å². The van der Waals surface area contributed by atoms with Gasteiger partial charge in [0.25, 0.3) is 0 Å². The molecular weight excluding hydrogens is 216 g/mol. The quantitative estimate of drug-likeness (QED) is 0.669. The number of amides is 1. The molecule has 1 aliphatic carbocycles. The highest BCUT2D eigenvalue weighted by Crippen LogP contribution is 2.29. The third kappa shape index (κ3) is 3.19. The molecule has 0 aromatic heterocycles. The van der Waals surface area contributed by atoms with Crippen LogP contribution in [0.1, 0.15) is 45.4 Å². The first-order valence-electron chi connectivity index (χ1n) is 6.80. The number of hydrogen-bond acceptors (Lipinski definition) is 3. The Bertz CT molecular complexity index is 275. The molecule has 1 saturated heterocycles. The number of hydrogen-bond donors (Lipinski definition) is 3. The van der Waals surface area contributed by atoms with Crippen molar-refractivity contribution >= 4 is 5.91 Å². The Hall–Kier alpha value is -0.610. The largest absolute Gasteiger partial charge is 0.393 e. The maximum Gasteiger partial charge on any atom is 0.226 e. The fourth-order valence-corrected chi connectivity index (χ4v) is 2.86. The summed E-state index contributed by atoms with van der Waals surface area (Å²) in [5, 5.41) is 16.0. The Labute approximate surface area is 103 Å². The topological polar surface area (TPSA) is 61.4 Å². The lowest BCUT2D eigenvalue weighted by atomic mass is 9.79. The zero-order chi connectivity index (χ0) is 12.3. The number of piperidine rings is 1. The summed E-state index contributed by atoms with van der Waals surface area (Å²) in [4.78, 5) is 12.3. The SMILES string of the molecule is CC1(C(=O)NC2CCCC(O)C2)CCNCC1. The third-order valence-corrected chi connectivity index (χ3v) is 4.24. The minimum atomic E-state index is -0.227. The summed E-state index contributed by atoms with van der Waals surface area (Å²) in [7, 11) is 0. The van der Waals surface area contributed by atoms with Gasteiger partial charge in [-0.1, -0.05) is 6.92 Å². The van der Waals surface area contributed by atoms with Crippen molar-refractivity contribution in [2.75, 3.05) is 13.1 Å². The highest BCUT2D eigenvalue weighted by Gasteiger charge is 2.36. The number of aliphatic hydroxyl groups excluding tert-OH is 1. The molecule has 0 bridgehead atoms. The van der Waals surface area contributed by atoms with Gasteiger partial charge in [-0.3, -0.25) is 4.79 Å². The molecule has 4 nitrogen and oxygen atoms in total. The van der Waals surface area contributed by atoms with E-state index in [-0.39, 0.29) is 23.5 Å². The van der Waals surface area contributed by atoms with Crippen LogP contribution >= 0.6 is 0 Å². The van der Waals surface area contributed by atoms with Crippen molar-refractivity contribution in [2.24, 2.45) is 5.41 Å². The molecule has 17 heavy (non-hydrogen) atoms. The van der Waals surface area contributed by atoms with Crippen LogP contribution < -0.4 is 10.6 Å². The molecule has 1 aliphatic heterocycles. The highest BCUT2D eigenvalue weighted by molar-refractivity contribution is 5.82. The molecule has 98 valence electrons. The van der Waals surface area contributed by atoms with Gasteiger partial charge in [0.05, 0.1) is 6.10 Å². The van der Waals surface area contributed by atoms with Crippen LogP contribution in [0.3, 0.4) is 0 Å². The summed E-state index contributed by atoms with van der Waals surface area (Å²) in [5.74, 6) is 0.179. The lowest BCUT2D eigenvalue weighted by Gasteiger charge is -2.35. The molecule has 2 aliphatic rings. The normalized spacial score (nSPS) is 33.1. The Balaban J connectivity index is 1.87. The summed E-state index contributed by atoms with van der Waals surface area (Å²) >= 11 is 0. The number of nitrogens with one attached hydrogen (secondary N) is 2. The minimum Gasteiger partial charge on any atom is -0.393 e. The van der Waals surface area contributed by atoms with E-state index < -0.39 is 0 Å². The molecule has 2 unspecified atom stereocenters. The van der Waals surface area contributed by atoms with Crippen molar-refractivity contribution in [3.8, 4) is 0 Å². The van der Waals surface area contributed by atoms with Gasteiger partial charge in [0.2, 0.25) is 5.91 Å². The summed E-state index contributed by atoms with van der Waals surface area (Å²) in [6.07, 6.45) is 5.23. The predicted octanol–water partition coefficient (Wildman–Crippen LogP) is 0.796.